The van der Waals surface area contributed by atoms with Gasteiger partial charge >= 0.3 is 12.2 Å². The molecule has 1 atom stereocenters. The van der Waals surface area contributed by atoms with Crippen LogP contribution in [0.1, 0.15) is 22.7 Å². The number of ether oxygens (including phenoxy) is 2. The van der Waals surface area contributed by atoms with Gasteiger partial charge in [0.05, 0.1) is 18.8 Å². The van der Waals surface area contributed by atoms with Gasteiger partial charge in [0.25, 0.3) is 5.56 Å². The van der Waals surface area contributed by atoms with Gasteiger partial charge < -0.3 is 14.8 Å². The molecule has 1 heterocycles. The quantitative estimate of drug-likeness (QED) is 0.320. The zero-order valence-corrected chi connectivity index (χ0v) is 20.1. The molecule has 2 amide bonds. The molecule has 4 aromatic rings. The lowest BCUT2D eigenvalue weighted by molar-refractivity contribution is 0.135. The first-order chi connectivity index (χ1) is 18.0. The second kappa shape index (κ2) is 12.2. The summed E-state index contributed by atoms with van der Waals surface area (Å²) < 4.78 is 10.00. The van der Waals surface area contributed by atoms with Crippen molar-refractivity contribution in [3.63, 3.8) is 0 Å². The van der Waals surface area contributed by atoms with Crippen LogP contribution in [0, 0.1) is 0 Å². The van der Waals surface area contributed by atoms with Crippen molar-refractivity contribution < 1.29 is 19.1 Å². The van der Waals surface area contributed by atoms with Crippen LogP contribution < -0.4 is 16.2 Å². The zero-order chi connectivity index (χ0) is 26.0. The van der Waals surface area contributed by atoms with E-state index >= 15 is 0 Å². The van der Waals surface area contributed by atoms with Crippen LogP contribution in [0.5, 0.6) is 0 Å². The fourth-order valence-electron chi connectivity index (χ4n) is 3.70. The van der Waals surface area contributed by atoms with E-state index in [-0.39, 0.29) is 18.6 Å². The average Bonchev–Trinajstić information content (AvgIpc) is 2.94. The Bertz CT molecular complexity index is 1390. The number of rotatable bonds is 8. The number of aromatic amines is 1. The minimum absolute atomic E-state index is 0.134. The molecule has 1 unspecified atom stereocenters. The fraction of sp³-hybridized carbons (Fsp3) is 0.143. The number of hydrogen-bond acceptors (Lipinski definition) is 6. The summed E-state index contributed by atoms with van der Waals surface area (Å²) in [6, 6.07) is 26.9. The number of alkyl carbamates (subject to hydrolysis) is 1. The molecule has 0 aliphatic carbocycles. The van der Waals surface area contributed by atoms with Crippen LogP contribution in [0.4, 0.5) is 15.3 Å². The van der Waals surface area contributed by atoms with Crippen molar-refractivity contribution in [3.8, 4) is 11.3 Å². The van der Waals surface area contributed by atoms with E-state index in [1.807, 2.05) is 60.7 Å². The van der Waals surface area contributed by atoms with Crippen molar-refractivity contribution in [3.05, 3.63) is 118 Å². The SMILES string of the molecule is COC(=O)Nc1ccc(-c2cc(CC(NC(=O)OCc3ccccc3)c3ccccc3)c(=O)[nH]n2)cc1. The van der Waals surface area contributed by atoms with Gasteiger partial charge in [0, 0.05) is 23.2 Å². The highest BCUT2D eigenvalue weighted by Gasteiger charge is 2.19. The molecular weight excluding hydrogens is 472 g/mol. The molecule has 0 spiro atoms. The van der Waals surface area contributed by atoms with Crippen molar-refractivity contribution in [2.45, 2.75) is 19.1 Å². The molecule has 3 aromatic carbocycles. The first kappa shape index (κ1) is 25.2. The summed E-state index contributed by atoms with van der Waals surface area (Å²) in [7, 11) is 1.29. The maximum absolute atomic E-state index is 12.7. The van der Waals surface area contributed by atoms with E-state index in [1.165, 1.54) is 7.11 Å². The molecule has 0 aliphatic heterocycles. The van der Waals surface area contributed by atoms with Crippen LogP contribution in [0.3, 0.4) is 0 Å². The van der Waals surface area contributed by atoms with Crippen molar-refractivity contribution in [1.82, 2.24) is 15.5 Å². The van der Waals surface area contributed by atoms with Gasteiger partial charge in [-0.05, 0) is 29.3 Å². The summed E-state index contributed by atoms with van der Waals surface area (Å²) in [5.74, 6) is 0. The highest BCUT2D eigenvalue weighted by Crippen LogP contribution is 2.22. The standard InChI is InChI=1S/C28H26N4O5/c1-36-27(34)29-23-14-12-21(13-15-23)25-17-22(26(33)32-31-25)16-24(20-10-6-3-7-11-20)30-28(35)37-18-19-8-4-2-5-9-19/h2-15,17,24H,16,18H2,1H3,(H,29,34)(H,30,35)(H,32,33). The molecule has 0 bridgehead atoms. The Kier molecular flexibility index (Phi) is 8.28. The maximum Gasteiger partial charge on any atom is 0.411 e. The normalized spacial score (nSPS) is 11.3. The molecule has 37 heavy (non-hydrogen) atoms. The van der Waals surface area contributed by atoms with Gasteiger partial charge in [-0.3, -0.25) is 10.1 Å². The predicted octanol–water partition coefficient (Wildman–Crippen LogP) is 4.83. The number of nitrogens with one attached hydrogen (secondary N) is 3. The summed E-state index contributed by atoms with van der Waals surface area (Å²) in [4.78, 5) is 36.7. The lowest BCUT2D eigenvalue weighted by Crippen LogP contribution is -2.32. The molecule has 1 aromatic heterocycles. The van der Waals surface area contributed by atoms with Crippen LogP contribution in [-0.4, -0.2) is 29.5 Å². The Morgan fingerprint density at radius 1 is 0.919 bits per heavy atom. The number of carbonyl (C=O) groups is 2. The van der Waals surface area contributed by atoms with Crippen LogP contribution in [-0.2, 0) is 22.5 Å². The molecule has 0 radical (unpaired) electrons. The molecule has 4 rings (SSSR count). The monoisotopic (exact) mass is 498 g/mol. The minimum Gasteiger partial charge on any atom is -0.453 e. The number of aromatic nitrogens is 2. The number of anilines is 1. The zero-order valence-electron chi connectivity index (χ0n) is 20.1. The number of carbonyl (C=O) groups excluding carboxylic acids is 2. The molecule has 0 aliphatic rings. The Morgan fingerprint density at radius 2 is 1.59 bits per heavy atom. The topological polar surface area (TPSA) is 122 Å². The summed E-state index contributed by atoms with van der Waals surface area (Å²) in [5.41, 5.74) is 3.62. The molecule has 0 saturated heterocycles. The van der Waals surface area contributed by atoms with Crippen LogP contribution in [0.2, 0.25) is 0 Å². The number of H-pyrrole nitrogens is 1. The number of hydrogen-bond donors (Lipinski definition) is 3. The molecule has 0 fully saturated rings. The third-order valence-corrected chi connectivity index (χ3v) is 5.62. The Hall–Kier alpha value is -4.92. The molecule has 3 N–H and O–H groups in total. The third-order valence-electron chi connectivity index (χ3n) is 5.62. The lowest BCUT2D eigenvalue weighted by atomic mass is 9.99. The summed E-state index contributed by atoms with van der Waals surface area (Å²) in [6.07, 6.45) is -0.937. The average molecular weight is 499 g/mol. The van der Waals surface area contributed by atoms with E-state index < -0.39 is 18.2 Å². The van der Waals surface area contributed by atoms with Crippen molar-refractivity contribution in [2.24, 2.45) is 0 Å². The maximum atomic E-state index is 12.7. The molecule has 188 valence electrons. The van der Waals surface area contributed by atoms with Gasteiger partial charge in [0.15, 0.2) is 0 Å². The Balaban J connectivity index is 1.52. The van der Waals surface area contributed by atoms with E-state index in [9.17, 15) is 14.4 Å². The van der Waals surface area contributed by atoms with Gasteiger partial charge in [-0.15, -0.1) is 0 Å². The van der Waals surface area contributed by atoms with Crippen LogP contribution in [0.25, 0.3) is 11.3 Å². The highest BCUT2D eigenvalue weighted by atomic mass is 16.5. The Labute approximate surface area is 213 Å². The minimum atomic E-state index is -0.586. The van der Waals surface area contributed by atoms with Crippen molar-refractivity contribution in [1.29, 1.82) is 0 Å². The molecule has 9 heteroatoms. The molecular formula is C28H26N4O5. The van der Waals surface area contributed by atoms with E-state index in [1.54, 1.807) is 30.3 Å². The van der Waals surface area contributed by atoms with E-state index in [0.717, 1.165) is 16.7 Å². The van der Waals surface area contributed by atoms with Crippen LogP contribution in [0.15, 0.2) is 95.8 Å². The van der Waals surface area contributed by atoms with Crippen molar-refractivity contribution in [2.75, 3.05) is 12.4 Å². The summed E-state index contributed by atoms with van der Waals surface area (Å²) >= 11 is 0. The van der Waals surface area contributed by atoms with Gasteiger partial charge in [-0.25, -0.2) is 14.7 Å². The van der Waals surface area contributed by atoms with Gasteiger partial charge in [0.2, 0.25) is 0 Å². The smallest absolute Gasteiger partial charge is 0.411 e. The number of benzene rings is 3. The van der Waals surface area contributed by atoms with Gasteiger partial charge in [-0.1, -0.05) is 72.8 Å². The largest absolute Gasteiger partial charge is 0.453 e. The second-order valence-corrected chi connectivity index (χ2v) is 8.17. The number of methoxy groups -OCH3 is 1. The number of amides is 2. The first-order valence-corrected chi connectivity index (χ1v) is 11.6. The van der Waals surface area contributed by atoms with E-state index in [0.29, 0.717) is 16.9 Å². The lowest BCUT2D eigenvalue weighted by Gasteiger charge is -2.19. The summed E-state index contributed by atoms with van der Waals surface area (Å²) in [6.45, 7) is 0.134. The first-order valence-electron chi connectivity index (χ1n) is 11.6. The molecule has 9 nitrogen and oxygen atoms in total. The molecule has 0 saturated carbocycles. The number of nitrogens with zero attached hydrogens (tertiary/aromatic N) is 1. The van der Waals surface area contributed by atoms with E-state index in [4.69, 9.17) is 4.74 Å². The Morgan fingerprint density at radius 3 is 2.27 bits per heavy atom. The predicted molar refractivity (Wildman–Crippen MR) is 139 cm³/mol. The van der Waals surface area contributed by atoms with Gasteiger partial charge in [-0.2, -0.15) is 5.10 Å². The fourth-order valence-corrected chi connectivity index (χ4v) is 3.70. The van der Waals surface area contributed by atoms with Crippen molar-refractivity contribution >= 4 is 17.9 Å². The van der Waals surface area contributed by atoms with Gasteiger partial charge in [0.1, 0.15) is 6.61 Å². The highest BCUT2D eigenvalue weighted by molar-refractivity contribution is 5.84. The third kappa shape index (κ3) is 7.04. The van der Waals surface area contributed by atoms with E-state index in [2.05, 4.69) is 25.6 Å². The summed E-state index contributed by atoms with van der Waals surface area (Å²) in [5, 5.41) is 12.2. The van der Waals surface area contributed by atoms with Crippen LogP contribution >= 0.6 is 0 Å². The second-order valence-electron chi connectivity index (χ2n) is 8.17.